The molecular formula is C73H82O8S2. The Labute approximate surface area is 497 Å². The molecule has 0 spiro atoms. The number of ether oxygens (including phenoxy) is 3. The number of phenols is 1. The van der Waals surface area contributed by atoms with E-state index >= 15 is 0 Å². The zero-order valence-corrected chi connectivity index (χ0v) is 51.7. The van der Waals surface area contributed by atoms with Gasteiger partial charge in [-0.05, 0) is 191 Å². The van der Waals surface area contributed by atoms with Crippen molar-refractivity contribution < 1.29 is 37.1 Å². The molecule has 0 saturated carbocycles. The molecule has 0 aliphatic heterocycles. The second kappa shape index (κ2) is 29.4. The lowest BCUT2D eigenvalue weighted by Crippen LogP contribution is -2.28. The summed E-state index contributed by atoms with van der Waals surface area (Å²) in [5.41, 5.74) is 7.89. The first-order chi connectivity index (χ1) is 39.7. The summed E-state index contributed by atoms with van der Waals surface area (Å²) in [4.78, 5) is 16.0. The number of phenolic OH excluding ortho intramolecular Hbond substituents is 1. The molecule has 83 heavy (non-hydrogen) atoms. The highest BCUT2D eigenvalue weighted by Crippen LogP contribution is 2.46. The Morgan fingerprint density at radius 1 is 0.578 bits per heavy atom. The van der Waals surface area contributed by atoms with Gasteiger partial charge in [-0.25, -0.2) is 8.42 Å². The SMILES string of the molecule is CC1c2cccc3cccc(c23)C1C.CCC(C)(C)C(=O)Oc1ccc([S+](c2ccccc2)c2ccccc2)cc1.CCC(C)c1ccc(O)cc1.CCC(C)c1ccc(OC(C)OC2Cc3cccc4cccc2c34)cc1.CS(=O)(=O)[O-]. The van der Waals surface area contributed by atoms with Crippen LogP contribution in [0.4, 0.5) is 0 Å². The van der Waals surface area contributed by atoms with E-state index in [2.05, 4.69) is 187 Å². The summed E-state index contributed by atoms with van der Waals surface area (Å²) in [7, 11) is -4.11. The molecule has 2 aliphatic carbocycles. The van der Waals surface area contributed by atoms with Crippen LogP contribution in [-0.4, -0.2) is 36.6 Å². The van der Waals surface area contributed by atoms with E-state index in [1.807, 2.05) is 76.2 Å². The Morgan fingerprint density at radius 3 is 1.47 bits per heavy atom. The van der Waals surface area contributed by atoms with Crippen molar-refractivity contribution in [1.82, 2.24) is 0 Å². The van der Waals surface area contributed by atoms with Crippen LogP contribution in [0.5, 0.6) is 17.2 Å². The van der Waals surface area contributed by atoms with E-state index in [1.165, 1.54) is 69.6 Å². The van der Waals surface area contributed by atoms with Gasteiger partial charge in [0.2, 0.25) is 0 Å². The van der Waals surface area contributed by atoms with Crippen molar-refractivity contribution in [3.8, 4) is 17.2 Å². The van der Waals surface area contributed by atoms with Crippen molar-refractivity contribution in [2.45, 2.75) is 146 Å². The van der Waals surface area contributed by atoms with Gasteiger partial charge in [0.25, 0.3) is 0 Å². The molecule has 0 amide bonds. The molecule has 0 fully saturated rings. The summed E-state index contributed by atoms with van der Waals surface area (Å²) in [6.07, 6.45) is 4.32. The summed E-state index contributed by atoms with van der Waals surface area (Å²) < 4.78 is 45.1. The highest BCUT2D eigenvalue weighted by Gasteiger charge is 2.31. The molecule has 0 radical (unpaired) electrons. The Kier molecular flexibility index (Phi) is 22.4. The van der Waals surface area contributed by atoms with Gasteiger partial charge in [-0.15, -0.1) is 0 Å². The second-order valence-corrected chi connectivity index (χ2v) is 25.7. The average Bonchev–Trinajstić information content (AvgIpc) is 2.86. The van der Waals surface area contributed by atoms with Crippen molar-refractivity contribution in [3.63, 3.8) is 0 Å². The summed E-state index contributed by atoms with van der Waals surface area (Å²) in [5, 5.41) is 14.6. The molecule has 6 unspecified atom stereocenters. The quantitative estimate of drug-likeness (QED) is 0.0376. The van der Waals surface area contributed by atoms with Gasteiger partial charge in [0.1, 0.15) is 17.2 Å². The first-order valence-electron chi connectivity index (χ1n) is 29.0. The van der Waals surface area contributed by atoms with Crippen LogP contribution in [0.3, 0.4) is 0 Å². The third-order valence-electron chi connectivity index (χ3n) is 15.9. The van der Waals surface area contributed by atoms with Crippen LogP contribution in [0.1, 0.15) is 152 Å². The fraction of sp³-hybridized carbons (Fsp3) is 0.301. The predicted molar refractivity (Wildman–Crippen MR) is 341 cm³/mol. The lowest BCUT2D eigenvalue weighted by Gasteiger charge is -2.21. The molecule has 0 bridgehead atoms. The van der Waals surface area contributed by atoms with E-state index in [0.29, 0.717) is 41.4 Å². The van der Waals surface area contributed by atoms with Gasteiger partial charge in [-0.1, -0.05) is 182 Å². The summed E-state index contributed by atoms with van der Waals surface area (Å²) >= 11 is 0. The lowest BCUT2D eigenvalue weighted by atomic mass is 9.91. The van der Waals surface area contributed by atoms with Gasteiger partial charge in [-0.2, -0.15) is 0 Å². The first-order valence-corrected chi connectivity index (χ1v) is 32.0. The summed E-state index contributed by atoms with van der Waals surface area (Å²) in [6, 6.07) is 71.0. The molecule has 434 valence electrons. The molecular weight excluding hydrogens is 1070 g/mol. The Morgan fingerprint density at radius 2 is 1.00 bits per heavy atom. The van der Waals surface area contributed by atoms with Gasteiger partial charge in [0.05, 0.1) is 32.5 Å². The molecule has 6 atom stereocenters. The zero-order chi connectivity index (χ0) is 59.8. The standard InChI is InChI=1S/C24H25O2S.C24H26O2.C14H14.C10H14O.CH4O3S/c1-4-24(2,3)23(25)26-19-15-17-22(18-16-19)27(20-11-7-5-8-12-20)21-13-9-6-10-14-21;1-4-16(2)18-11-13-21(14-12-18)25-17(3)26-23-15-20-9-5-7-19-8-6-10-22(23)24(19)20;1-9-10(2)13-8-4-6-11-5-3-7-12(9)14(11)13;1-3-8(2)9-4-6-10(11)7-5-9;1-5(2,3)4/h5-18H,4H2,1-3H3;5-14,16-17,23H,4,15H2,1-3H3;3-10H,1-2H3;4-8,11H,3H2,1-2H3;1H3,(H,2,3,4)/q+1;;;;/p-1. The number of hydrogen-bond donors (Lipinski definition) is 1. The lowest BCUT2D eigenvalue weighted by molar-refractivity contribution is -0.144. The molecule has 0 aromatic heterocycles. The fourth-order valence-corrected chi connectivity index (χ4v) is 12.3. The number of carbonyl (C=O) groups is 1. The molecule has 2 aliphatic rings. The van der Waals surface area contributed by atoms with Crippen molar-refractivity contribution in [2.75, 3.05) is 6.26 Å². The molecule has 0 saturated heterocycles. The van der Waals surface area contributed by atoms with Crippen molar-refractivity contribution in [2.24, 2.45) is 5.41 Å². The van der Waals surface area contributed by atoms with Crippen molar-refractivity contribution in [1.29, 1.82) is 0 Å². The topological polar surface area (TPSA) is 122 Å². The number of aromatic hydroxyl groups is 1. The number of hydrogen-bond acceptors (Lipinski definition) is 8. The number of benzene rings is 9. The molecule has 10 heteroatoms. The van der Waals surface area contributed by atoms with E-state index < -0.39 is 15.5 Å². The van der Waals surface area contributed by atoms with Crippen molar-refractivity contribution in [3.05, 3.63) is 240 Å². The minimum atomic E-state index is -3.92. The van der Waals surface area contributed by atoms with E-state index in [9.17, 15) is 4.79 Å². The minimum Gasteiger partial charge on any atom is -0.748 e. The van der Waals surface area contributed by atoms with Crippen molar-refractivity contribution >= 4 is 48.5 Å². The van der Waals surface area contributed by atoms with Gasteiger partial charge < -0.3 is 23.9 Å². The maximum atomic E-state index is 12.3. The third-order valence-corrected chi connectivity index (χ3v) is 18.2. The van der Waals surface area contributed by atoms with E-state index in [1.54, 1.807) is 12.1 Å². The van der Waals surface area contributed by atoms with Crippen LogP contribution in [0.15, 0.2) is 221 Å². The minimum absolute atomic E-state index is 0.0606. The summed E-state index contributed by atoms with van der Waals surface area (Å²) in [5.74, 6) is 4.13. The number of rotatable bonds is 14. The fourth-order valence-electron chi connectivity index (χ4n) is 10.2. The van der Waals surface area contributed by atoms with Crippen LogP contribution < -0.4 is 9.47 Å². The Balaban J connectivity index is 0.000000163. The van der Waals surface area contributed by atoms with Gasteiger partial charge >= 0.3 is 5.97 Å². The predicted octanol–water partition coefficient (Wildman–Crippen LogP) is 18.6. The average molecular weight is 1150 g/mol. The van der Waals surface area contributed by atoms with Crippen LogP contribution in [0.2, 0.25) is 0 Å². The maximum absolute atomic E-state index is 12.3. The van der Waals surface area contributed by atoms with Gasteiger partial charge in [0, 0.05) is 12.7 Å². The largest absolute Gasteiger partial charge is 0.748 e. The highest BCUT2D eigenvalue weighted by atomic mass is 32.2. The van der Waals surface area contributed by atoms with Crippen LogP contribution in [0.25, 0.3) is 21.5 Å². The van der Waals surface area contributed by atoms with E-state index in [4.69, 9.17) is 32.3 Å². The molecule has 0 heterocycles. The monoisotopic (exact) mass is 1150 g/mol. The number of carbonyl (C=O) groups excluding carboxylic acids is 1. The van der Waals surface area contributed by atoms with Crippen LogP contribution in [0, 0.1) is 5.41 Å². The maximum Gasteiger partial charge on any atom is 0.316 e. The van der Waals surface area contributed by atoms with Gasteiger partial charge in [0.15, 0.2) is 21.0 Å². The van der Waals surface area contributed by atoms with E-state index in [-0.39, 0.29) is 29.3 Å². The third kappa shape index (κ3) is 17.2. The summed E-state index contributed by atoms with van der Waals surface area (Å²) in [6.45, 7) is 21.3. The van der Waals surface area contributed by atoms with Crippen LogP contribution in [-0.2, 0) is 37.0 Å². The zero-order valence-electron chi connectivity index (χ0n) is 50.0. The van der Waals surface area contributed by atoms with Gasteiger partial charge in [-0.3, -0.25) is 4.79 Å². The smallest absolute Gasteiger partial charge is 0.316 e. The van der Waals surface area contributed by atoms with Crippen LogP contribution >= 0.6 is 0 Å². The Bertz CT molecular complexity index is 3510. The molecule has 1 N–H and O–H groups in total. The molecule has 11 rings (SSSR count). The molecule has 9 aromatic carbocycles. The first kappa shape index (κ1) is 63.4. The number of esters is 1. The molecule has 9 aromatic rings. The van der Waals surface area contributed by atoms with E-state index in [0.717, 1.165) is 31.4 Å². The Hall–Kier alpha value is -7.21. The highest BCUT2D eigenvalue weighted by molar-refractivity contribution is 7.97. The second-order valence-electron chi connectivity index (χ2n) is 22.3. The molecule has 8 nitrogen and oxygen atoms in total. The normalized spacial score (nSPS) is 15.9.